The van der Waals surface area contributed by atoms with Crippen LogP contribution in [0.1, 0.15) is 22.5 Å². The van der Waals surface area contributed by atoms with Crippen LogP contribution in [0.2, 0.25) is 0 Å². The quantitative estimate of drug-likeness (QED) is 0.410. The fraction of sp³-hybridized carbons (Fsp3) is 0.300. The van der Waals surface area contributed by atoms with Gasteiger partial charge in [0.15, 0.2) is 5.78 Å². The van der Waals surface area contributed by atoms with Crippen molar-refractivity contribution in [1.82, 2.24) is 4.98 Å². The molecular formula is C10H11NO3. The molecule has 1 rings (SSSR count). The highest BCUT2D eigenvalue weighted by atomic mass is 16.5. The first-order chi connectivity index (χ1) is 6.65. The molecule has 4 heteroatoms. The lowest BCUT2D eigenvalue weighted by Crippen LogP contribution is -2.12. The fourth-order valence-electron chi connectivity index (χ4n) is 1.06. The Balaban J connectivity index is 2.80. The molecule has 0 atom stereocenters. The van der Waals surface area contributed by atoms with Crippen molar-refractivity contribution in [2.24, 2.45) is 0 Å². The molecule has 0 amide bonds. The van der Waals surface area contributed by atoms with Crippen molar-refractivity contribution in [3.63, 3.8) is 0 Å². The monoisotopic (exact) mass is 193 g/mol. The molecule has 0 aliphatic rings. The topological polar surface area (TPSA) is 56.3 Å². The van der Waals surface area contributed by atoms with Gasteiger partial charge in [0.25, 0.3) is 0 Å². The fourth-order valence-corrected chi connectivity index (χ4v) is 1.06. The zero-order valence-electron chi connectivity index (χ0n) is 8.11. The van der Waals surface area contributed by atoms with Gasteiger partial charge in [-0.3, -0.25) is 14.6 Å². The predicted molar refractivity (Wildman–Crippen MR) is 49.9 cm³/mol. The summed E-state index contributed by atoms with van der Waals surface area (Å²) in [5.41, 5.74) is 1.10. The number of hydrogen-bond donors (Lipinski definition) is 0. The van der Waals surface area contributed by atoms with Gasteiger partial charge in [0.2, 0.25) is 0 Å². The van der Waals surface area contributed by atoms with Crippen molar-refractivity contribution in [2.45, 2.75) is 13.3 Å². The summed E-state index contributed by atoms with van der Waals surface area (Å²) >= 11 is 0. The summed E-state index contributed by atoms with van der Waals surface area (Å²) in [6.07, 6.45) is 1.27. The number of methoxy groups -OCH3 is 1. The molecule has 0 saturated carbocycles. The lowest BCUT2D eigenvalue weighted by atomic mass is 10.1. The summed E-state index contributed by atoms with van der Waals surface area (Å²) < 4.78 is 4.39. The highest BCUT2D eigenvalue weighted by Crippen LogP contribution is 2.06. The number of ketones is 1. The number of nitrogens with zero attached hydrogens (tertiary/aromatic N) is 1. The molecule has 0 aliphatic carbocycles. The average molecular weight is 193 g/mol. The van der Waals surface area contributed by atoms with Crippen molar-refractivity contribution in [3.05, 3.63) is 29.6 Å². The summed E-state index contributed by atoms with van der Waals surface area (Å²) in [7, 11) is 1.25. The summed E-state index contributed by atoms with van der Waals surface area (Å²) in [6, 6.07) is 3.52. The Bertz CT molecular complexity index is 360. The Morgan fingerprint density at radius 2 is 2.21 bits per heavy atom. The van der Waals surface area contributed by atoms with Crippen LogP contribution in [0.4, 0.5) is 0 Å². The van der Waals surface area contributed by atoms with Crippen molar-refractivity contribution >= 4 is 11.8 Å². The molecule has 0 N–H and O–H groups in total. The Labute approximate surface area is 81.9 Å². The van der Waals surface area contributed by atoms with E-state index in [4.69, 9.17) is 0 Å². The first-order valence-corrected chi connectivity index (χ1v) is 4.16. The van der Waals surface area contributed by atoms with E-state index in [0.717, 1.165) is 5.56 Å². The zero-order valence-corrected chi connectivity index (χ0v) is 8.11. The largest absolute Gasteiger partial charge is 0.469 e. The van der Waals surface area contributed by atoms with Gasteiger partial charge in [-0.15, -0.1) is 0 Å². The number of carbonyl (C=O) groups is 2. The third kappa shape index (κ3) is 2.39. The van der Waals surface area contributed by atoms with E-state index in [9.17, 15) is 9.59 Å². The second-order valence-electron chi connectivity index (χ2n) is 2.84. The highest BCUT2D eigenvalue weighted by Gasteiger charge is 2.14. The number of carbonyl (C=O) groups excluding carboxylic acids is 2. The van der Waals surface area contributed by atoms with Crippen molar-refractivity contribution in [3.8, 4) is 0 Å². The van der Waals surface area contributed by atoms with Crippen LogP contribution in [0.15, 0.2) is 18.3 Å². The molecule has 74 valence electrons. The second-order valence-corrected chi connectivity index (χ2v) is 2.84. The van der Waals surface area contributed by atoms with Gasteiger partial charge in [-0.25, -0.2) is 0 Å². The maximum atomic E-state index is 11.5. The van der Waals surface area contributed by atoms with E-state index in [1.807, 2.05) is 0 Å². The molecule has 0 aliphatic heterocycles. The van der Waals surface area contributed by atoms with Crippen molar-refractivity contribution in [1.29, 1.82) is 0 Å². The highest BCUT2D eigenvalue weighted by molar-refractivity contribution is 6.05. The minimum Gasteiger partial charge on any atom is -0.469 e. The third-order valence-electron chi connectivity index (χ3n) is 1.81. The first kappa shape index (κ1) is 10.4. The maximum absolute atomic E-state index is 11.5. The van der Waals surface area contributed by atoms with Gasteiger partial charge in [0.05, 0.1) is 7.11 Å². The Morgan fingerprint density at radius 1 is 1.50 bits per heavy atom. The molecular weight excluding hydrogens is 182 g/mol. The standard InChI is InChI=1S/C10H11NO3/c1-7-4-3-5-11-10(7)8(12)6-9(13)14-2/h3-5H,6H2,1-2H3. The molecule has 1 aromatic heterocycles. The Kier molecular flexibility index (Phi) is 3.34. The lowest BCUT2D eigenvalue weighted by molar-refractivity contribution is -0.139. The SMILES string of the molecule is COC(=O)CC(=O)c1ncccc1C. The van der Waals surface area contributed by atoms with Crippen LogP contribution >= 0.6 is 0 Å². The van der Waals surface area contributed by atoms with Crippen molar-refractivity contribution < 1.29 is 14.3 Å². The van der Waals surface area contributed by atoms with E-state index < -0.39 is 5.97 Å². The van der Waals surface area contributed by atoms with E-state index >= 15 is 0 Å². The molecule has 1 heterocycles. The normalized spacial score (nSPS) is 9.57. The average Bonchev–Trinajstić information content (AvgIpc) is 2.18. The van der Waals surface area contributed by atoms with Gasteiger partial charge in [0.1, 0.15) is 12.1 Å². The van der Waals surface area contributed by atoms with Crippen LogP contribution in [0.3, 0.4) is 0 Å². The molecule has 4 nitrogen and oxygen atoms in total. The number of rotatable bonds is 3. The maximum Gasteiger partial charge on any atom is 0.313 e. The number of ether oxygens (including phenoxy) is 1. The molecule has 0 spiro atoms. The zero-order chi connectivity index (χ0) is 10.6. The molecule has 0 unspecified atom stereocenters. The summed E-state index contributed by atoms with van der Waals surface area (Å²) in [4.78, 5) is 26.2. The molecule has 0 aromatic carbocycles. The summed E-state index contributed by atoms with van der Waals surface area (Å²) in [5.74, 6) is -0.852. The van der Waals surface area contributed by atoms with Gasteiger partial charge in [-0.1, -0.05) is 6.07 Å². The minimum absolute atomic E-state index is 0.256. The smallest absolute Gasteiger partial charge is 0.313 e. The van der Waals surface area contributed by atoms with Gasteiger partial charge < -0.3 is 4.74 Å². The Morgan fingerprint density at radius 3 is 2.79 bits per heavy atom. The van der Waals surface area contributed by atoms with Crippen LogP contribution in [-0.4, -0.2) is 23.8 Å². The van der Waals surface area contributed by atoms with E-state index in [-0.39, 0.29) is 12.2 Å². The van der Waals surface area contributed by atoms with Gasteiger partial charge in [-0.05, 0) is 18.6 Å². The summed E-state index contributed by atoms with van der Waals surface area (Å²) in [5, 5.41) is 0. The van der Waals surface area contributed by atoms with Crippen LogP contribution in [-0.2, 0) is 9.53 Å². The molecule has 0 bridgehead atoms. The Hall–Kier alpha value is -1.71. The van der Waals surface area contributed by atoms with Crippen LogP contribution in [0, 0.1) is 6.92 Å². The van der Waals surface area contributed by atoms with Gasteiger partial charge >= 0.3 is 5.97 Å². The van der Waals surface area contributed by atoms with Gasteiger partial charge in [-0.2, -0.15) is 0 Å². The molecule has 0 radical (unpaired) electrons. The molecule has 1 aromatic rings. The van der Waals surface area contributed by atoms with E-state index in [2.05, 4.69) is 9.72 Å². The molecule has 0 fully saturated rings. The van der Waals surface area contributed by atoms with Crippen LogP contribution in [0.5, 0.6) is 0 Å². The number of esters is 1. The lowest BCUT2D eigenvalue weighted by Gasteiger charge is -2.01. The van der Waals surface area contributed by atoms with Crippen LogP contribution < -0.4 is 0 Å². The number of pyridine rings is 1. The van der Waals surface area contributed by atoms with Crippen LogP contribution in [0.25, 0.3) is 0 Å². The number of Topliss-reactive ketones (excluding diaryl/α,β-unsaturated/α-hetero) is 1. The van der Waals surface area contributed by atoms with Gasteiger partial charge in [0, 0.05) is 6.20 Å². The number of aryl methyl sites for hydroxylation is 1. The molecule has 0 saturated heterocycles. The predicted octanol–water partition coefficient (Wildman–Crippen LogP) is 1.14. The third-order valence-corrected chi connectivity index (χ3v) is 1.81. The summed E-state index contributed by atoms with van der Waals surface area (Å²) in [6.45, 7) is 1.78. The van der Waals surface area contributed by atoms with Crippen molar-refractivity contribution in [2.75, 3.05) is 7.11 Å². The van der Waals surface area contributed by atoms with E-state index in [1.165, 1.54) is 13.3 Å². The molecule has 14 heavy (non-hydrogen) atoms. The first-order valence-electron chi connectivity index (χ1n) is 4.16. The van der Waals surface area contributed by atoms with E-state index in [0.29, 0.717) is 5.69 Å². The number of aromatic nitrogens is 1. The van der Waals surface area contributed by atoms with E-state index in [1.54, 1.807) is 19.1 Å². The minimum atomic E-state index is -0.542. The second kappa shape index (κ2) is 4.50. The number of hydrogen-bond acceptors (Lipinski definition) is 4.